The van der Waals surface area contributed by atoms with E-state index in [1.807, 2.05) is 28.8 Å². The number of fused-ring (bicyclic) bond motifs is 1. The number of rotatable bonds is 5. The van der Waals surface area contributed by atoms with Crippen molar-refractivity contribution >= 4 is 17.3 Å². The van der Waals surface area contributed by atoms with Crippen LogP contribution in [0.4, 0.5) is 5.69 Å². The smallest absolute Gasteiger partial charge is 0.193 e. The van der Waals surface area contributed by atoms with Gasteiger partial charge >= 0.3 is 0 Å². The van der Waals surface area contributed by atoms with Crippen LogP contribution in [0.2, 0.25) is 0 Å². The van der Waals surface area contributed by atoms with Gasteiger partial charge in [-0.15, -0.1) is 10.2 Å². The molecule has 0 unspecified atom stereocenters. The van der Waals surface area contributed by atoms with Crippen molar-refractivity contribution in [1.29, 1.82) is 0 Å². The van der Waals surface area contributed by atoms with Gasteiger partial charge in [0.25, 0.3) is 0 Å². The lowest BCUT2D eigenvalue weighted by molar-refractivity contribution is 0.881. The number of aryl methyl sites for hydroxylation is 2. The molecule has 0 amide bonds. The first kappa shape index (κ1) is 16.0. The summed E-state index contributed by atoms with van der Waals surface area (Å²) in [6.45, 7) is 4.64. The van der Waals surface area contributed by atoms with Crippen LogP contribution >= 0.6 is 0 Å². The van der Waals surface area contributed by atoms with Crippen LogP contribution in [0.3, 0.4) is 0 Å². The zero-order valence-electron chi connectivity index (χ0n) is 14.0. The molecule has 0 saturated carbocycles. The van der Waals surface area contributed by atoms with Gasteiger partial charge in [0, 0.05) is 11.9 Å². The number of nitrogens with two attached hydrogens (primary N) is 1. The molecule has 1 aromatic carbocycles. The highest BCUT2D eigenvalue weighted by atomic mass is 15.3. The molecule has 2 aromatic heterocycles. The Morgan fingerprint density at radius 3 is 2.54 bits per heavy atom. The van der Waals surface area contributed by atoms with Crippen molar-refractivity contribution in [2.45, 2.75) is 33.2 Å². The zero-order chi connectivity index (χ0) is 16.9. The van der Waals surface area contributed by atoms with E-state index in [2.05, 4.69) is 52.6 Å². The fourth-order valence-corrected chi connectivity index (χ4v) is 2.73. The number of para-hydroxylation sites is 1. The maximum atomic E-state index is 6.10. The highest BCUT2D eigenvalue weighted by Gasteiger charge is 2.08. The SMILES string of the molecule is CCc1cccc(CC)c1NC(N)=NCc1nnc2ccccn12. The normalized spacial score (nSPS) is 11.8. The first-order chi connectivity index (χ1) is 11.7. The lowest BCUT2D eigenvalue weighted by Gasteiger charge is -2.14. The van der Waals surface area contributed by atoms with E-state index in [9.17, 15) is 0 Å². The van der Waals surface area contributed by atoms with E-state index in [4.69, 9.17) is 5.73 Å². The summed E-state index contributed by atoms with van der Waals surface area (Å²) in [4.78, 5) is 4.42. The second-order valence-corrected chi connectivity index (χ2v) is 5.53. The monoisotopic (exact) mass is 322 g/mol. The average Bonchev–Trinajstić information content (AvgIpc) is 3.03. The Morgan fingerprint density at radius 2 is 1.83 bits per heavy atom. The van der Waals surface area contributed by atoms with E-state index in [0.717, 1.165) is 30.0 Å². The molecule has 6 heteroatoms. The Bertz CT molecular complexity index is 843. The molecule has 3 rings (SSSR count). The number of guanidine groups is 1. The highest BCUT2D eigenvalue weighted by Crippen LogP contribution is 2.22. The molecule has 2 heterocycles. The molecule has 0 fully saturated rings. The summed E-state index contributed by atoms with van der Waals surface area (Å²) in [7, 11) is 0. The summed E-state index contributed by atoms with van der Waals surface area (Å²) < 4.78 is 1.91. The summed E-state index contributed by atoms with van der Waals surface area (Å²) in [5.74, 6) is 1.15. The molecule has 0 radical (unpaired) electrons. The van der Waals surface area contributed by atoms with Crippen LogP contribution < -0.4 is 11.1 Å². The first-order valence-electron chi connectivity index (χ1n) is 8.19. The third-order valence-corrected chi connectivity index (χ3v) is 4.03. The maximum absolute atomic E-state index is 6.10. The van der Waals surface area contributed by atoms with Crippen molar-refractivity contribution < 1.29 is 0 Å². The summed E-state index contributed by atoms with van der Waals surface area (Å²) in [5, 5.41) is 11.5. The molecule has 0 aliphatic rings. The number of aliphatic imine (C=N–C) groups is 1. The number of hydrogen-bond donors (Lipinski definition) is 2. The Morgan fingerprint density at radius 1 is 1.08 bits per heavy atom. The van der Waals surface area contributed by atoms with Crippen LogP contribution in [0.1, 0.15) is 30.8 Å². The molecule has 3 N–H and O–H groups in total. The Kier molecular flexibility index (Phi) is 4.74. The molecule has 124 valence electrons. The van der Waals surface area contributed by atoms with Crippen LogP contribution in [0.5, 0.6) is 0 Å². The van der Waals surface area contributed by atoms with Gasteiger partial charge in [0.1, 0.15) is 6.54 Å². The molecule has 0 saturated heterocycles. The summed E-state index contributed by atoms with van der Waals surface area (Å²) in [6.07, 6.45) is 3.81. The molecular formula is C18H22N6. The van der Waals surface area contributed by atoms with Gasteiger partial charge in [-0.3, -0.25) is 4.40 Å². The van der Waals surface area contributed by atoms with Crippen molar-refractivity contribution in [3.05, 3.63) is 59.5 Å². The average molecular weight is 322 g/mol. The quantitative estimate of drug-likeness (QED) is 0.559. The van der Waals surface area contributed by atoms with Gasteiger partial charge in [-0.1, -0.05) is 38.1 Å². The fourth-order valence-electron chi connectivity index (χ4n) is 2.73. The number of aromatic nitrogens is 3. The maximum Gasteiger partial charge on any atom is 0.193 e. The van der Waals surface area contributed by atoms with Crippen LogP contribution in [0.15, 0.2) is 47.6 Å². The predicted octanol–water partition coefficient (Wildman–Crippen LogP) is 2.78. The van der Waals surface area contributed by atoms with Crippen LogP contribution in [-0.2, 0) is 19.4 Å². The Labute approximate surface area is 141 Å². The number of pyridine rings is 1. The van der Waals surface area contributed by atoms with Gasteiger partial charge in [0.15, 0.2) is 17.4 Å². The number of nitrogens with zero attached hydrogens (tertiary/aromatic N) is 4. The summed E-state index contributed by atoms with van der Waals surface area (Å²) >= 11 is 0. The third kappa shape index (κ3) is 3.22. The largest absolute Gasteiger partial charge is 0.370 e. The Balaban J connectivity index is 1.80. The minimum atomic E-state index is 0.375. The minimum Gasteiger partial charge on any atom is -0.370 e. The summed E-state index contributed by atoms with van der Waals surface area (Å²) in [6, 6.07) is 12.1. The highest BCUT2D eigenvalue weighted by molar-refractivity contribution is 5.93. The van der Waals surface area contributed by atoms with Gasteiger partial charge in [-0.2, -0.15) is 0 Å². The van der Waals surface area contributed by atoms with Crippen LogP contribution in [0, 0.1) is 0 Å². The van der Waals surface area contributed by atoms with E-state index in [1.54, 1.807) is 0 Å². The van der Waals surface area contributed by atoms with Crippen LogP contribution in [-0.4, -0.2) is 20.6 Å². The van der Waals surface area contributed by atoms with E-state index >= 15 is 0 Å². The zero-order valence-corrected chi connectivity index (χ0v) is 14.0. The van der Waals surface area contributed by atoms with Crippen molar-refractivity contribution in [3.63, 3.8) is 0 Å². The molecule has 0 aliphatic carbocycles. The molecule has 6 nitrogen and oxygen atoms in total. The molecule has 0 atom stereocenters. The van der Waals surface area contributed by atoms with Crippen LogP contribution in [0.25, 0.3) is 5.65 Å². The summed E-state index contributed by atoms with van der Waals surface area (Å²) in [5.41, 5.74) is 10.4. The van der Waals surface area contributed by atoms with Crippen molar-refractivity contribution in [2.75, 3.05) is 5.32 Å². The number of nitrogens with one attached hydrogen (secondary N) is 1. The topological polar surface area (TPSA) is 80.6 Å². The van der Waals surface area contributed by atoms with E-state index < -0.39 is 0 Å². The molecule has 0 aliphatic heterocycles. The van der Waals surface area contributed by atoms with Gasteiger partial charge in [-0.05, 0) is 36.1 Å². The van der Waals surface area contributed by atoms with E-state index in [0.29, 0.717) is 12.5 Å². The standard InChI is InChI=1S/C18H22N6/c1-3-13-8-7-9-14(4-2)17(13)21-18(19)20-12-16-23-22-15-10-5-6-11-24(15)16/h5-11H,3-4,12H2,1-2H3,(H3,19,20,21). The van der Waals surface area contributed by atoms with Gasteiger partial charge < -0.3 is 11.1 Å². The third-order valence-electron chi connectivity index (χ3n) is 4.03. The molecule has 0 spiro atoms. The van der Waals surface area contributed by atoms with Gasteiger partial charge in [0.2, 0.25) is 0 Å². The number of anilines is 1. The Hall–Kier alpha value is -2.89. The van der Waals surface area contributed by atoms with E-state index in [-0.39, 0.29) is 0 Å². The van der Waals surface area contributed by atoms with Crippen molar-refractivity contribution in [1.82, 2.24) is 14.6 Å². The first-order valence-corrected chi connectivity index (χ1v) is 8.19. The molecule has 24 heavy (non-hydrogen) atoms. The number of benzene rings is 1. The minimum absolute atomic E-state index is 0.375. The van der Waals surface area contributed by atoms with Gasteiger partial charge in [0.05, 0.1) is 0 Å². The predicted molar refractivity (Wildman–Crippen MR) is 97.1 cm³/mol. The lowest BCUT2D eigenvalue weighted by Crippen LogP contribution is -2.24. The molecular weight excluding hydrogens is 300 g/mol. The molecule has 3 aromatic rings. The van der Waals surface area contributed by atoms with Crippen molar-refractivity contribution in [2.24, 2.45) is 10.7 Å². The second kappa shape index (κ2) is 7.12. The fraction of sp³-hybridized carbons (Fsp3) is 0.278. The van der Waals surface area contributed by atoms with E-state index in [1.165, 1.54) is 11.1 Å². The molecule has 0 bridgehead atoms. The number of hydrogen-bond acceptors (Lipinski definition) is 3. The lowest BCUT2D eigenvalue weighted by atomic mass is 10.0. The van der Waals surface area contributed by atoms with Crippen molar-refractivity contribution in [3.8, 4) is 0 Å². The van der Waals surface area contributed by atoms with Gasteiger partial charge in [-0.25, -0.2) is 4.99 Å². The second-order valence-electron chi connectivity index (χ2n) is 5.53.